The second-order valence-electron chi connectivity index (χ2n) is 6.20. The lowest BCUT2D eigenvalue weighted by Crippen LogP contribution is -2.16. The molecule has 0 radical (unpaired) electrons. The number of anilines is 1. The first kappa shape index (κ1) is 17.7. The fourth-order valence-electron chi connectivity index (χ4n) is 2.55. The van der Waals surface area contributed by atoms with Crippen molar-refractivity contribution >= 4 is 27.5 Å². The van der Waals surface area contributed by atoms with Crippen LogP contribution >= 0.6 is 15.9 Å². The predicted molar refractivity (Wildman–Crippen MR) is 96.7 cm³/mol. The van der Waals surface area contributed by atoms with Gasteiger partial charge in [0.15, 0.2) is 0 Å². The van der Waals surface area contributed by atoms with Crippen LogP contribution in [0.25, 0.3) is 0 Å². The van der Waals surface area contributed by atoms with Crippen molar-refractivity contribution in [2.24, 2.45) is 0 Å². The van der Waals surface area contributed by atoms with Gasteiger partial charge in [-0.2, -0.15) is 0 Å². The van der Waals surface area contributed by atoms with Gasteiger partial charge in [0.2, 0.25) is 0 Å². The topological polar surface area (TPSA) is 29.1 Å². The summed E-state index contributed by atoms with van der Waals surface area (Å²) in [6, 6.07) is 10.2. The lowest BCUT2D eigenvalue weighted by molar-refractivity contribution is 0.102. The zero-order valence-corrected chi connectivity index (χ0v) is 15.4. The number of nitrogens with one attached hydrogen (secondary N) is 1. The van der Waals surface area contributed by atoms with Gasteiger partial charge in [-0.15, -0.1) is 0 Å². The van der Waals surface area contributed by atoms with Gasteiger partial charge >= 0.3 is 0 Å². The summed E-state index contributed by atoms with van der Waals surface area (Å²) >= 11 is 3.31. The van der Waals surface area contributed by atoms with E-state index < -0.39 is 5.82 Å². The summed E-state index contributed by atoms with van der Waals surface area (Å²) in [5.41, 5.74) is 3.28. The smallest absolute Gasteiger partial charge is 0.256 e. The van der Waals surface area contributed by atoms with E-state index in [4.69, 9.17) is 0 Å². The summed E-state index contributed by atoms with van der Waals surface area (Å²) in [6.45, 7) is 8.36. The normalized spacial score (nSPS) is 11.1. The second kappa shape index (κ2) is 7.26. The quantitative estimate of drug-likeness (QED) is 0.686. The Balaban J connectivity index is 2.46. The highest BCUT2D eigenvalue weighted by Crippen LogP contribution is 2.33. The molecule has 0 saturated carbocycles. The van der Waals surface area contributed by atoms with Gasteiger partial charge < -0.3 is 5.32 Å². The van der Waals surface area contributed by atoms with Crippen molar-refractivity contribution in [3.05, 3.63) is 63.4 Å². The monoisotopic (exact) mass is 377 g/mol. The molecule has 2 rings (SSSR count). The van der Waals surface area contributed by atoms with Gasteiger partial charge in [0, 0.05) is 10.2 Å². The Morgan fingerprint density at radius 3 is 2.13 bits per heavy atom. The van der Waals surface area contributed by atoms with Gasteiger partial charge in [-0.05, 0) is 57.1 Å². The van der Waals surface area contributed by atoms with Crippen LogP contribution in [0, 0.1) is 5.82 Å². The minimum atomic E-state index is -0.431. The van der Waals surface area contributed by atoms with Crippen molar-refractivity contribution in [1.29, 1.82) is 0 Å². The average molecular weight is 378 g/mol. The number of hydrogen-bond acceptors (Lipinski definition) is 1. The van der Waals surface area contributed by atoms with Crippen LogP contribution in [0.1, 0.15) is 61.0 Å². The fraction of sp³-hybridized carbons (Fsp3) is 0.316. The molecule has 0 heterocycles. The zero-order chi connectivity index (χ0) is 17.1. The Labute approximate surface area is 145 Å². The van der Waals surface area contributed by atoms with E-state index in [-0.39, 0.29) is 17.7 Å². The van der Waals surface area contributed by atoms with E-state index in [1.807, 2.05) is 18.2 Å². The number of benzene rings is 2. The van der Waals surface area contributed by atoms with Crippen molar-refractivity contribution in [1.82, 2.24) is 0 Å². The highest BCUT2D eigenvalue weighted by Gasteiger charge is 2.18. The number of carbonyl (C=O) groups is 1. The van der Waals surface area contributed by atoms with Crippen molar-refractivity contribution in [3.8, 4) is 0 Å². The first-order chi connectivity index (χ1) is 10.8. The maximum atomic E-state index is 13.5. The van der Waals surface area contributed by atoms with E-state index >= 15 is 0 Å². The molecule has 2 aromatic rings. The third-order valence-corrected chi connectivity index (χ3v) is 4.48. The number of hydrogen-bond donors (Lipinski definition) is 1. The number of amides is 1. The van der Waals surface area contributed by atoms with Crippen LogP contribution in [0.4, 0.5) is 10.1 Å². The summed E-state index contributed by atoms with van der Waals surface area (Å²) in [5, 5.41) is 2.99. The first-order valence-electron chi connectivity index (χ1n) is 7.70. The van der Waals surface area contributed by atoms with Gasteiger partial charge in [-0.3, -0.25) is 4.79 Å². The SMILES string of the molecule is CC(C)c1cccc(C(C)C)c1NC(=O)c1cc(F)ccc1Br. The molecule has 1 N–H and O–H groups in total. The standard InChI is InChI=1S/C19H21BrFNO/c1-11(2)14-6-5-7-15(12(3)4)18(14)22-19(23)16-10-13(21)8-9-17(16)20/h5-12H,1-4H3,(H,22,23). The lowest BCUT2D eigenvalue weighted by Gasteiger charge is -2.20. The molecule has 23 heavy (non-hydrogen) atoms. The van der Waals surface area contributed by atoms with Gasteiger partial charge in [0.25, 0.3) is 5.91 Å². The molecule has 0 saturated heterocycles. The van der Waals surface area contributed by atoms with Gasteiger partial charge in [-0.25, -0.2) is 4.39 Å². The molecule has 0 unspecified atom stereocenters. The largest absolute Gasteiger partial charge is 0.321 e. The molecule has 0 atom stereocenters. The van der Waals surface area contributed by atoms with Crippen molar-refractivity contribution in [3.63, 3.8) is 0 Å². The molecule has 2 aromatic carbocycles. The third kappa shape index (κ3) is 3.99. The van der Waals surface area contributed by atoms with E-state index in [0.717, 1.165) is 16.8 Å². The molecule has 0 aliphatic carbocycles. The van der Waals surface area contributed by atoms with Crippen LogP contribution in [-0.4, -0.2) is 5.91 Å². The molecule has 0 aliphatic rings. The number of para-hydroxylation sites is 1. The van der Waals surface area contributed by atoms with Gasteiger partial charge in [0.05, 0.1) is 5.56 Å². The molecule has 0 aromatic heterocycles. The third-order valence-electron chi connectivity index (χ3n) is 3.78. The highest BCUT2D eigenvalue weighted by molar-refractivity contribution is 9.10. The van der Waals surface area contributed by atoms with E-state index in [9.17, 15) is 9.18 Å². The Hall–Kier alpha value is -1.68. The summed E-state index contributed by atoms with van der Waals surface area (Å²) in [6.07, 6.45) is 0. The zero-order valence-electron chi connectivity index (χ0n) is 13.8. The lowest BCUT2D eigenvalue weighted by atomic mass is 9.92. The number of carbonyl (C=O) groups excluding carboxylic acids is 1. The molecule has 2 nitrogen and oxygen atoms in total. The highest BCUT2D eigenvalue weighted by atomic mass is 79.9. The second-order valence-corrected chi connectivity index (χ2v) is 7.05. The molecule has 0 bridgehead atoms. The Kier molecular flexibility index (Phi) is 5.58. The molecule has 122 valence electrons. The maximum absolute atomic E-state index is 13.5. The summed E-state index contributed by atoms with van der Waals surface area (Å²) < 4.78 is 14.0. The van der Waals surface area contributed by atoms with E-state index in [0.29, 0.717) is 10.0 Å². The van der Waals surface area contributed by atoms with Crippen molar-refractivity contribution < 1.29 is 9.18 Å². The average Bonchev–Trinajstić information content (AvgIpc) is 2.49. The van der Waals surface area contributed by atoms with Crippen molar-refractivity contribution in [2.45, 2.75) is 39.5 Å². The van der Waals surface area contributed by atoms with Crippen LogP contribution in [0.2, 0.25) is 0 Å². The van der Waals surface area contributed by atoms with Gasteiger partial charge in [-0.1, -0.05) is 45.9 Å². The number of rotatable bonds is 4. The molecule has 4 heteroatoms. The van der Waals surface area contributed by atoms with Crippen LogP contribution in [0.5, 0.6) is 0 Å². The van der Waals surface area contributed by atoms with E-state index in [2.05, 4.69) is 48.9 Å². The molecular weight excluding hydrogens is 357 g/mol. The summed E-state index contributed by atoms with van der Waals surface area (Å²) in [7, 11) is 0. The molecular formula is C19H21BrFNO. The van der Waals surface area contributed by atoms with E-state index in [1.54, 1.807) is 6.07 Å². The van der Waals surface area contributed by atoms with E-state index in [1.165, 1.54) is 12.1 Å². The summed E-state index contributed by atoms with van der Waals surface area (Å²) in [5.74, 6) is -0.189. The minimum Gasteiger partial charge on any atom is -0.321 e. The predicted octanol–water partition coefficient (Wildman–Crippen LogP) is 6.09. The molecule has 1 amide bonds. The van der Waals surface area contributed by atoms with Crippen LogP contribution in [-0.2, 0) is 0 Å². The Morgan fingerprint density at radius 2 is 1.61 bits per heavy atom. The van der Waals surface area contributed by atoms with Gasteiger partial charge in [0.1, 0.15) is 5.82 Å². The van der Waals surface area contributed by atoms with Crippen molar-refractivity contribution in [2.75, 3.05) is 5.32 Å². The number of halogens is 2. The molecule has 0 aliphatic heterocycles. The maximum Gasteiger partial charge on any atom is 0.256 e. The molecule has 0 fully saturated rings. The summed E-state index contributed by atoms with van der Waals surface area (Å²) in [4.78, 5) is 12.6. The van der Waals surface area contributed by atoms with Crippen LogP contribution in [0.15, 0.2) is 40.9 Å². The first-order valence-corrected chi connectivity index (χ1v) is 8.49. The fourth-order valence-corrected chi connectivity index (χ4v) is 2.97. The Morgan fingerprint density at radius 1 is 1.04 bits per heavy atom. The van der Waals surface area contributed by atoms with Crippen LogP contribution in [0.3, 0.4) is 0 Å². The van der Waals surface area contributed by atoms with Crippen LogP contribution < -0.4 is 5.32 Å². The molecule has 0 spiro atoms. The minimum absolute atomic E-state index is 0.278. The Bertz CT molecular complexity index is 699.